The number of aryl methyl sites for hydroxylation is 1. The third-order valence-electron chi connectivity index (χ3n) is 5.94. The monoisotopic (exact) mass is 442 g/mol. The molecule has 2 heterocycles. The first-order chi connectivity index (χ1) is 15.3. The first kappa shape index (κ1) is 23.5. The van der Waals surface area contributed by atoms with Gasteiger partial charge in [0, 0.05) is 30.0 Å². The van der Waals surface area contributed by atoms with Gasteiger partial charge in [0.25, 0.3) is 5.91 Å². The molecule has 8 nitrogen and oxygen atoms in total. The van der Waals surface area contributed by atoms with Gasteiger partial charge >= 0.3 is 5.97 Å². The van der Waals surface area contributed by atoms with Crippen LogP contribution in [-0.4, -0.2) is 67.1 Å². The minimum absolute atomic E-state index is 0.119. The van der Waals surface area contributed by atoms with Crippen molar-refractivity contribution in [3.63, 3.8) is 0 Å². The number of ether oxygens (including phenoxy) is 3. The van der Waals surface area contributed by atoms with Crippen LogP contribution in [0.3, 0.4) is 0 Å². The van der Waals surface area contributed by atoms with Gasteiger partial charge in [-0.05, 0) is 63.4 Å². The van der Waals surface area contributed by atoms with Crippen LogP contribution < -0.4 is 4.74 Å². The Morgan fingerprint density at radius 2 is 1.88 bits per heavy atom. The summed E-state index contributed by atoms with van der Waals surface area (Å²) in [6.45, 7) is 6.10. The normalized spacial score (nSPS) is 16.5. The van der Waals surface area contributed by atoms with Gasteiger partial charge in [-0.2, -0.15) is 0 Å². The van der Waals surface area contributed by atoms with Crippen molar-refractivity contribution in [1.29, 1.82) is 0 Å². The van der Waals surface area contributed by atoms with Gasteiger partial charge < -0.3 is 24.1 Å². The Labute approximate surface area is 187 Å². The van der Waals surface area contributed by atoms with E-state index in [2.05, 4.69) is 4.98 Å². The van der Waals surface area contributed by atoms with Crippen molar-refractivity contribution in [2.45, 2.75) is 45.8 Å². The molecule has 1 saturated heterocycles. The molecule has 2 atom stereocenters. The van der Waals surface area contributed by atoms with Crippen molar-refractivity contribution >= 4 is 17.7 Å². The first-order valence-electron chi connectivity index (χ1n) is 10.7. The molecule has 0 saturated carbocycles. The van der Waals surface area contributed by atoms with Crippen molar-refractivity contribution in [1.82, 2.24) is 9.88 Å². The van der Waals surface area contributed by atoms with Gasteiger partial charge in [-0.3, -0.25) is 9.59 Å². The number of nitrogens with one attached hydrogen (secondary N) is 1. The number of aromatic nitrogens is 1. The molecule has 8 heteroatoms. The molecule has 0 bridgehead atoms. The highest BCUT2D eigenvalue weighted by atomic mass is 16.5. The molecule has 1 aliphatic rings. The predicted octanol–water partition coefficient (Wildman–Crippen LogP) is 3.32. The zero-order chi connectivity index (χ0) is 23.4. The van der Waals surface area contributed by atoms with Gasteiger partial charge in [0.1, 0.15) is 11.4 Å². The van der Waals surface area contributed by atoms with Crippen LogP contribution in [0.4, 0.5) is 0 Å². The second-order valence-electron chi connectivity index (χ2n) is 7.98. The summed E-state index contributed by atoms with van der Waals surface area (Å²) in [4.78, 5) is 43.5. The lowest BCUT2D eigenvalue weighted by Gasteiger charge is -2.31. The molecule has 0 radical (unpaired) electrons. The maximum Gasteiger partial charge on any atom is 0.354 e. The highest BCUT2D eigenvalue weighted by Gasteiger charge is 2.33. The van der Waals surface area contributed by atoms with E-state index in [9.17, 15) is 14.4 Å². The van der Waals surface area contributed by atoms with E-state index in [4.69, 9.17) is 14.2 Å². The molecule has 32 heavy (non-hydrogen) atoms. The van der Waals surface area contributed by atoms with Crippen molar-refractivity contribution < 1.29 is 28.6 Å². The van der Waals surface area contributed by atoms with Gasteiger partial charge in [-0.1, -0.05) is 0 Å². The Morgan fingerprint density at radius 3 is 2.44 bits per heavy atom. The van der Waals surface area contributed by atoms with Gasteiger partial charge in [0.05, 0.1) is 26.4 Å². The number of amides is 1. The van der Waals surface area contributed by atoms with Crippen LogP contribution in [0.5, 0.6) is 5.75 Å². The molecule has 1 aromatic carbocycles. The fourth-order valence-electron chi connectivity index (χ4n) is 4.10. The minimum atomic E-state index is -0.757. The summed E-state index contributed by atoms with van der Waals surface area (Å²) in [6.07, 6.45) is 1.64. The SMILES string of the molecule is COC(=O)c1[nH]c(C)c(C(=O)[C@@H](C)N(C[C@@H]2CCCO2)C(=O)c2ccc(OC)cc2)c1C. The average Bonchev–Trinajstić information content (AvgIpc) is 3.42. The number of methoxy groups -OCH3 is 2. The first-order valence-corrected chi connectivity index (χ1v) is 10.7. The number of nitrogens with zero attached hydrogens (tertiary/aromatic N) is 1. The maximum absolute atomic E-state index is 13.5. The number of aromatic amines is 1. The Kier molecular flexibility index (Phi) is 7.35. The third-order valence-corrected chi connectivity index (χ3v) is 5.94. The number of benzene rings is 1. The molecule has 3 rings (SSSR count). The second-order valence-corrected chi connectivity index (χ2v) is 7.98. The van der Waals surface area contributed by atoms with Crippen molar-refractivity contribution in [2.75, 3.05) is 27.4 Å². The number of ketones is 1. The molecular formula is C24H30N2O6. The van der Waals surface area contributed by atoms with Crippen molar-refractivity contribution in [2.24, 2.45) is 0 Å². The van der Waals surface area contributed by atoms with Gasteiger partial charge in [-0.15, -0.1) is 0 Å². The summed E-state index contributed by atoms with van der Waals surface area (Å²) in [6, 6.07) is 6.04. The summed E-state index contributed by atoms with van der Waals surface area (Å²) in [5.41, 5.74) is 2.18. The molecule has 1 aliphatic heterocycles. The number of Topliss-reactive ketones (excluding diaryl/α,β-unsaturated/α-hetero) is 1. The number of carbonyl (C=O) groups is 3. The molecule has 1 N–H and O–H groups in total. The number of hydrogen-bond acceptors (Lipinski definition) is 6. The number of hydrogen-bond donors (Lipinski definition) is 1. The number of esters is 1. The second kappa shape index (κ2) is 9.99. The van der Waals surface area contributed by atoms with Crippen LogP contribution in [0.15, 0.2) is 24.3 Å². The zero-order valence-electron chi connectivity index (χ0n) is 19.2. The molecule has 0 spiro atoms. The lowest BCUT2D eigenvalue weighted by molar-refractivity contribution is 0.0410. The van der Waals surface area contributed by atoms with Gasteiger partial charge in [-0.25, -0.2) is 4.79 Å². The molecular weight excluding hydrogens is 412 g/mol. The number of carbonyl (C=O) groups excluding carboxylic acids is 3. The Balaban J connectivity index is 1.93. The minimum Gasteiger partial charge on any atom is -0.497 e. The van der Waals surface area contributed by atoms with E-state index in [1.807, 2.05) is 0 Å². The summed E-state index contributed by atoms with van der Waals surface area (Å²) >= 11 is 0. The summed E-state index contributed by atoms with van der Waals surface area (Å²) in [5, 5.41) is 0. The van der Waals surface area contributed by atoms with Crippen LogP contribution in [0.25, 0.3) is 0 Å². The molecule has 0 unspecified atom stereocenters. The van der Waals surface area contributed by atoms with Crippen LogP contribution in [0.1, 0.15) is 62.2 Å². The standard InChI is InChI=1S/C24H30N2O6/c1-14-20(15(2)25-21(14)24(29)31-5)22(27)16(3)26(13-19-7-6-12-32-19)23(28)17-8-10-18(30-4)11-9-17/h8-11,16,19,25H,6-7,12-13H2,1-5H3/t16-,19+/m1/s1. The maximum atomic E-state index is 13.5. The lowest BCUT2D eigenvalue weighted by atomic mass is 9.98. The molecule has 1 fully saturated rings. The van der Waals surface area contributed by atoms with E-state index in [0.717, 1.165) is 12.8 Å². The fourth-order valence-corrected chi connectivity index (χ4v) is 4.10. The van der Waals surface area contributed by atoms with E-state index in [1.54, 1.807) is 57.0 Å². The van der Waals surface area contributed by atoms with E-state index >= 15 is 0 Å². The van der Waals surface area contributed by atoms with Crippen molar-refractivity contribution in [3.05, 3.63) is 52.3 Å². The number of rotatable bonds is 8. The van der Waals surface area contributed by atoms with Gasteiger partial charge in [0.2, 0.25) is 0 Å². The molecule has 172 valence electrons. The summed E-state index contributed by atoms with van der Waals surface area (Å²) < 4.78 is 15.7. The van der Waals surface area contributed by atoms with Gasteiger partial charge in [0.15, 0.2) is 5.78 Å². The van der Waals surface area contributed by atoms with E-state index < -0.39 is 12.0 Å². The zero-order valence-corrected chi connectivity index (χ0v) is 19.2. The third kappa shape index (κ3) is 4.70. The Bertz CT molecular complexity index is 989. The molecule has 2 aromatic rings. The highest BCUT2D eigenvalue weighted by molar-refractivity contribution is 6.07. The highest BCUT2D eigenvalue weighted by Crippen LogP contribution is 2.24. The van der Waals surface area contributed by atoms with Crippen molar-refractivity contribution in [3.8, 4) is 5.75 Å². The van der Waals surface area contributed by atoms with Crippen LogP contribution in [0.2, 0.25) is 0 Å². The van der Waals surface area contributed by atoms with E-state index in [1.165, 1.54) is 7.11 Å². The quantitative estimate of drug-likeness (QED) is 0.498. The molecule has 1 amide bonds. The number of H-pyrrole nitrogens is 1. The molecule has 1 aromatic heterocycles. The summed E-state index contributed by atoms with van der Waals surface area (Å²) in [5.74, 6) is -0.401. The smallest absolute Gasteiger partial charge is 0.354 e. The van der Waals surface area contributed by atoms with Crippen LogP contribution in [-0.2, 0) is 9.47 Å². The molecule has 0 aliphatic carbocycles. The summed E-state index contributed by atoms with van der Waals surface area (Å²) in [7, 11) is 2.85. The largest absolute Gasteiger partial charge is 0.497 e. The van der Waals surface area contributed by atoms with E-state index in [-0.39, 0.29) is 23.5 Å². The Morgan fingerprint density at radius 1 is 1.19 bits per heavy atom. The van der Waals surface area contributed by atoms with Crippen LogP contribution in [0, 0.1) is 13.8 Å². The fraction of sp³-hybridized carbons (Fsp3) is 0.458. The predicted molar refractivity (Wildman–Crippen MR) is 118 cm³/mol. The average molecular weight is 443 g/mol. The topological polar surface area (TPSA) is 97.9 Å². The Hall–Kier alpha value is -3.13. The lowest BCUT2D eigenvalue weighted by Crippen LogP contribution is -2.47. The van der Waals surface area contributed by atoms with E-state index in [0.29, 0.717) is 41.3 Å². The van der Waals surface area contributed by atoms with Crippen LogP contribution >= 0.6 is 0 Å².